The fourth-order valence-electron chi connectivity index (χ4n) is 2.58. The lowest BCUT2D eigenvalue weighted by Crippen LogP contribution is -2.24. The molecule has 27 heavy (non-hydrogen) atoms. The van der Waals surface area contributed by atoms with Crippen molar-refractivity contribution in [3.63, 3.8) is 0 Å². The van der Waals surface area contributed by atoms with Crippen LogP contribution in [-0.2, 0) is 0 Å². The molecule has 0 radical (unpaired) electrons. The van der Waals surface area contributed by atoms with Gasteiger partial charge in [0.15, 0.2) is 0 Å². The number of hydrogen-bond acceptors (Lipinski definition) is 5. The number of halogens is 4. The molecule has 0 bridgehead atoms. The molecule has 0 amide bonds. The molecule has 0 aliphatic rings. The maximum absolute atomic E-state index is 12.6. The second-order valence-electron chi connectivity index (χ2n) is 5.41. The zero-order valence-corrected chi connectivity index (χ0v) is 14.4. The Balaban J connectivity index is 2.30. The summed E-state index contributed by atoms with van der Waals surface area (Å²) in [5.41, 5.74) is -0.370. The average molecular weight is 400 g/mol. The maximum Gasteiger partial charge on any atom is 0.573 e. The lowest BCUT2D eigenvalue weighted by molar-refractivity contribution is -0.274. The molecule has 6 nitrogen and oxygen atoms in total. The van der Waals surface area contributed by atoms with Gasteiger partial charge in [-0.3, -0.25) is 4.57 Å². The largest absolute Gasteiger partial charge is 0.573 e. The molecule has 3 aromatic rings. The molecule has 0 aliphatic carbocycles. The van der Waals surface area contributed by atoms with Gasteiger partial charge in [-0.05, 0) is 24.3 Å². The molecule has 10 heteroatoms. The molecule has 0 spiro atoms. The summed E-state index contributed by atoms with van der Waals surface area (Å²) in [5, 5.41) is 12.3. The van der Waals surface area contributed by atoms with Crippen LogP contribution in [0.25, 0.3) is 16.6 Å². The van der Waals surface area contributed by atoms with Crippen LogP contribution in [0, 0.1) is 0 Å². The topological polar surface area (TPSA) is 76.4 Å². The van der Waals surface area contributed by atoms with Gasteiger partial charge in [0.05, 0.1) is 22.8 Å². The Bertz CT molecular complexity index is 1040. The number of para-hydroxylation sites is 1. The van der Waals surface area contributed by atoms with Crippen molar-refractivity contribution in [3.8, 4) is 11.4 Å². The number of aliphatic hydroxyl groups is 1. The maximum atomic E-state index is 12.6. The van der Waals surface area contributed by atoms with Crippen LogP contribution in [0.4, 0.5) is 19.0 Å². The van der Waals surface area contributed by atoms with E-state index in [2.05, 4.69) is 15.0 Å². The summed E-state index contributed by atoms with van der Waals surface area (Å²) in [6, 6.07) is 9.92. The van der Waals surface area contributed by atoms with Gasteiger partial charge in [-0.1, -0.05) is 23.7 Å². The van der Waals surface area contributed by atoms with Crippen LogP contribution >= 0.6 is 11.6 Å². The summed E-state index contributed by atoms with van der Waals surface area (Å²) >= 11 is 6.15. The normalized spacial score (nSPS) is 11.6. The number of hydrogen-bond donors (Lipinski definition) is 2. The Hall–Kier alpha value is -2.78. The second-order valence-corrected chi connectivity index (χ2v) is 5.81. The Morgan fingerprint density at radius 2 is 1.96 bits per heavy atom. The molecule has 0 fully saturated rings. The van der Waals surface area contributed by atoms with E-state index in [4.69, 9.17) is 16.7 Å². The van der Waals surface area contributed by atoms with Gasteiger partial charge >= 0.3 is 12.1 Å². The Labute approximate surface area is 155 Å². The van der Waals surface area contributed by atoms with Crippen LogP contribution in [0.2, 0.25) is 5.02 Å². The van der Waals surface area contributed by atoms with E-state index in [1.165, 1.54) is 6.07 Å². The van der Waals surface area contributed by atoms with Crippen LogP contribution < -0.4 is 15.7 Å². The van der Waals surface area contributed by atoms with Gasteiger partial charge < -0.3 is 15.2 Å². The van der Waals surface area contributed by atoms with Crippen molar-refractivity contribution in [1.82, 2.24) is 9.55 Å². The van der Waals surface area contributed by atoms with E-state index in [1.54, 1.807) is 24.3 Å². The van der Waals surface area contributed by atoms with Gasteiger partial charge in [-0.2, -0.15) is 4.98 Å². The van der Waals surface area contributed by atoms with Gasteiger partial charge in [0.25, 0.3) is 0 Å². The quantitative estimate of drug-likeness (QED) is 0.688. The number of anilines is 1. The number of aromatic nitrogens is 2. The molecule has 0 atom stereocenters. The second kappa shape index (κ2) is 7.45. The van der Waals surface area contributed by atoms with Gasteiger partial charge in [0.2, 0.25) is 0 Å². The minimum absolute atomic E-state index is 0.110. The first kappa shape index (κ1) is 19.0. The molecular formula is C17H13ClF3N3O3. The van der Waals surface area contributed by atoms with Crippen LogP contribution in [0.3, 0.4) is 0 Å². The van der Waals surface area contributed by atoms with E-state index in [9.17, 15) is 18.0 Å². The van der Waals surface area contributed by atoms with E-state index in [0.717, 1.165) is 16.7 Å². The number of nitrogens with one attached hydrogen (secondary N) is 1. The van der Waals surface area contributed by atoms with Gasteiger partial charge in [0, 0.05) is 18.0 Å². The zero-order valence-electron chi connectivity index (χ0n) is 13.6. The molecule has 0 saturated heterocycles. The first-order chi connectivity index (χ1) is 12.8. The van der Waals surface area contributed by atoms with E-state index in [0.29, 0.717) is 5.39 Å². The van der Waals surface area contributed by atoms with Gasteiger partial charge in [-0.15, -0.1) is 13.2 Å². The SMILES string of the molecule is O=c1nc(NCCO)c2ccc(OC(F)(F)F)cc2n1-c1ccccc1Cl. The zero-order chi connectivity index (χ0) is 19.6. The third kappa shape index (κ3) is 4.15. The Morgan fingerprint density at radius 1 is 1.22 bits per heavy atom. The molecule has 0 unspecified atom stereocenters. The minimum Gasteiger partial charge on any atom is -0.406 e. The Kier molecular flexibility index (Phi) is 5.24. The molecule has 1 heterocycles. The summed E-state index contributed by atoms with van der Waals surface area (Å²) in [7, 11) is 0. The number of aliphatic hydroxyl groups excluding tert-OH is 1. The lowest BCUT2D eigenvalue weighted by Gasteiger charge is -2.16. The number of ether oxygens (including phenoxy) is 1. The fraction of sp³-hybridized carbons (Fsp3) is 0.176. The molecule has 1 aromatic heterocycles. The van der Waals surface area contributed by atoms with E-state index < -0.39 is 17.8 Å². The van der Waals surface area contributed by atoms with Crippen LogP contribution in [0.5, 0.6) is 5.75 Å². The van der Waals surface area contributed by atoms with Crippen LogP contribution in [-0.4, -0.2) is 34.2 Å². The van der Waals surface area contributed by atoms with Crippen molar-refractivity contribution in [1.29, 1.82) is 0 Å². The molecule has 142 valence electrons. The number of nitrogens with zero attached hydrogens (tertiary/aromatic N) is 2. The highest BCUT2D eigenvalue weighted by atomic mass is 35.5. The van der Waals surface area contributed by atoms with E-state index >= 15 is 0 Å². The summed E-state index contributed by atoms with van der Waals surface area (Å²) < 4.78 is 42.8. The lowest BCUT2D eigenvalue weighted by atomic mass is 10.2. The van der Waals surface area contributed by atoms with Crippen molar-refractivity contribution >= 4 is 28.3 Å². The summed E-state index contributed by atoms with van der Waals surface area (Å²) in [5.74, 6) is -0.361. The third-order valence-corrected chi connectivity index (χ3v) is 3.91. The molecular weight excluding hydrogens is 387 g/mol. The van der Waals surface area contributed by atoms with Crippen molar-refractivity contribution in [2.75, 3.05) is 18.5 Å². The van der Waals surface area contributed by atoms with E-state index in [-0.39, 0.29) is 35.2 Å². The highest BCUT2D eigenvalue weighted by molar-refractivity contribution is 6.32. The van der Waals surface area contributed by atoms with Crippen LogP contribution in [0.1, 0.15) is 0 Å². The molecule has 0 saturated carbocycles. The van der Waals surface area contributed by atoms with Crippen molar-refractivity contribution in [3.05, 3.63) is 58.0 Å². The summed E-state index contributed by atoms with van der Waals surface area (Å²) in [6.07, 6.45) is -4.88. The minimum atomic E-state index is -4.88. The Morgan fingerprint density at radius 3 is 2.63 bits per heavy atom. The molecule has 2 N–H and O–H groups in total. The average Bonchev–Trinajstić information content (AvgIpc) is 2.59. The van der Waals surface area contributed by atoms with Gasteiger partial charge in [0.1, 0.15) is 11.6 Å². The number of fused-ring (bicyclic) bond motifs is 1. The number of benzene rings is 2. The highest BCUT2D eigenvalue weighted by Gasteiger charge is 2.31. The van der Waals surface area contributed by atoms with Gasteiger partial charge in [-0.25, -0.2) is 4.79 Å². The highest BCUT2D eigenvalue weighted by Crippen LogP contribution is 2.30. The molecule has 2 aromatic carbocycles. The summed E-state index contributed by atoms with van der Waals surface area (Å²) in [6.45, 7) is -0.107. The molecule has 3 rings (SSSR count). The van der Waals surface area contributed by atoms with Crippen LogP contribution in [0.15, 0.2) is 47.3 Å². The smallest absolute Gasteiger partial charge is 0.406 e. The van der Waals surface area contributed by atoms with Crippen molar-refractivity contribution in [2.45, 2.75) is 6.36 Å². The fourth-order valence-corrected chi connectivity index (χ4v) is 2.80. The summed E-state index contributed by atoms with van der Waals surface area (Å²) in [4.78, 5) is 16.5. The van der Waals surface area contributed by atoms with Crippen molar-refractivity contribution in [2.24, 2.45) is 0 Å². The first-order valence-electron chi connectivity index (χ1n) is 7.72. The predicted octanol–water partition coefficient (Wildman–Crippen LogP) is 3.34. The monoisotopic (exact) mass is 399 g/mol. The number of rotatable bonds is 5. The van der Waals surface area contributed by atoms with Crippen molar-refractivity contribution < 1.29 is 23.0 Å². The molecule has 0 aliphatic heterocycles. The predicted molar refractivity (Wildman–Crippen MR) is 94.6 cm³/mol. The number of alkyl halides is 3. The first-order valence-corrected chi connectivity index (χ1v) is 8.10. The standard InChI is InChI=1S/C17H13ClF3N3O3/c18-12-3-1-2-4-13(12)24-14-9-10(27-17(19,20)21)5-6-11(14)15(22-7-8-25)23-16(24)26/h1-6,9,25H,7-8H2,(H,22,23,26). The third-order valence-electron chi connectivity index (χ3n) is 3.60. The van der Waals surface area contributed by atoms with E-state index in [1.807, 2.05) is 0 Å².